The molecule has 5 atom stereocenters. The molecule has 40 heavy (non-hydrogen) atoms. The minimum absolute atomic E-state index is 0.274. The normalized spacial score (nSPS) is 24.1. The average Bonchev–Trinajstić information content (AvgIpc) is 3.31. The fourth-order valence-electron chi connectivity index (χ4n) is 3.41. The highest BCUT2D eigenvalue weighted by Gasteiger charge is 2.55. The van der Waals surface area contributed by atoms with Crippen molar-refractivity contribution < 1.29 is 42.9 Å². The van der Waals surface area contributed by atoms with Gasteiger partial charge in [0.15, 0.2) is 18.3 Å². The van der Waals surface area contributed by atoms with Crippen molar-refractivity contribution in [1.82, 2.24) is 0 Å². The maximum absolute atomic E-state index is 13.3. The van der Waals surface area contributed by atoms with E-state index in [2.05, 4.69) is 0 Å². The number of esters is 4. The van der Waals surface area contributed by atoms with Crippen LogP contribution in [0.1, 0.15) is 94.1 Å². The quantitative estimate of drug-likeness (QED) is 0.310. The second-order valence-electron chi connectivity index (χ2n) is 14.3. The van der Waals surface area contributed by atoms with E-state index in [1.54, 1.807) is 83.1 Å². The molecule has 0 saturated carbocycles. The largest absolute Gasteiger partial charge is 0.462 e. The van der Waals surface area contributed by atoms with Gasteiger partial charge in [0, 0.05) is 4.88 Å². The molecule has 0 aliphatic carbocycles. The Morgan fingerprint density at radius 3 is 1.50 bits per heavy atom. The Labute approximate surface area is 242 Å². The van der Waals surface area contributed by atoms with Crippen molar-refractivity contribution in [2.24, 2.45) is 21.7 Å². The van der Waals surface area contributed by atoms with Gasteiger partial charge in [-0.1, -0.05) is 6.07 Å². The van der Waals surface area contributed by atoms with Crippen molar-refractivity contribution in [2.75, 3.05) is 6.61 Å². The fraction of sp³-hybridized carbons (Fsp3) is 0.733. The Bertz CT molecular complexity index is 1050. The molecule has 1 fully saturated rings. The van der Waals surface area contributed by atoms with Crippen LogP contribution in [0.4, 0.5) is 0 Å². The maximum Gasteiger partial charge on any atom is 0.311 e. The molecule has 0 radical (unpaired) electrons. The molecule has 0 unspecified atom stereocenters. The first-order valence-electron chi connectivity index (χ1n) is 13.5. The van der Waals surface area contributed by atoms with Crippen molar-refractivity contribution >= 4 is 35.2 Å². The van der Waals surface area contributed by atoms with Gasteiger partial charge in [0.1, 0.15) is 18.8 Å². The van der Waals surface area contributed by atoms with Gasteiger partial charge in [0.05, 0.1) is 21.7 Å². The minimum atomic E-state index is -1.25. The second kappa shape index (κ2) is 12.2. The van der Waals surface area contributed by atoms with Crippen LogP contribution in [-0.4, -0.2) is 54.9 Å². The summed E-state index contributed by atoms with van der Waals surface area (Å²) in [6.07, 6.45) is -5.54. The third kappa shape index (κ3) is 8.77. The molecule has 0 spiro atoms. The van der Waals surface area contributed by atoms with E-state index in [9.17, 15) is 19.2 Å². The van der Waals surface area contributed by atoms with Crippen molar-refractivity contribution in [3.63, 3.8) is 0 Å². The average molecular weight is 583 g/mol. The molecule has 1 aliphatic rings. The first kappa shape index (κ1) is 33.7. The first-order chi connectivity index (χ1) is 18.0. The molecule has 1 aliphatic heterocycles. The van der Waals surface area contributed by atoms with Crippen molar-refractivity contribution in [3.8, 4) is 0 Å². The highest BCUT2D eigenvalue weighted by molar-refractivity contribution is 7.10. The number of rotatable bonds is 6. The fourth-order valence-corrected chi connectivity index (χ4v) is 4.21. The van der Waals surface area contributed by atoms with E-state index in [0.29, 0.717) is 4.88 Å². The van der Waals surface area contributed by atoms with Gasteiger partial charge in [0.2, 0.25) is 0 Å². The Morgan fingerprint density at radius 1 is 0.675 bits per heavy atom. The van der Waals surface area contributed by atoms with E-state index < -0.39 is 76.1 Å². The molecule has 1 aromatic rings. The molecular formula is C30H46O9S. The van der Waals surface area contributed by atoms with E-state index in [-0.39, 0.29) is 6.61 Å². The van der Waals surface area contributed by atoms with Gasteiger partial charge >= 0.3 is 23.9 Å². The van der Waals surface area contributed by atoms with Crippen LogP contribution in [0.5, 0.6) is 0 Å². The van der Waals surface area contributed by atoms with E-state index in [1.807, 2.05) is 17.5 Å². The third-order valence-corrected chi connectivity index (χ3v) is 6.95. The van der Waals surface area contributed by atoms with Gasteiger partial charge in [-0.3, -0.25) is 19.2 Å². The van der Waals surface area contributed by atoms with Crippen LogP contribution in [0.3, 0.4) is 0 Å². The van der Waals surface area contributed by atoms with Gasteiger partial charge in [-0.25, -0.2) is 0 Å². The van der Waals surface area contributed by atoms with Crippen LogP contribution in [0, 0.1) is 21.7 Å². The lowest BCUT2D eigenvalue weighted by Gasteiger charge is -2.46. The lowest BCUT2D eigenvalue weighted by Crippen LogP contribution is -2.61. The van der Waals surface area contributed by atoms with Crippen LogP contribution in [0.2, 0.25) is 0 Å². The minimum Gasteiger partial charge on any atom is -0.462 e. The summed E-state index contributed by atoms with van der Waals surface area (Å²) in [4.78, 5) is 53.0. The summed E-state index contributed by atoms with van der Waals surface area (Å²) in [6, 6.07) is 3.64. The number of hydrogen-bond donors (Lipinski definition) is 0. The second-order valence-corrected chi connectivity index (χ2v) is 15.3. The van der Waals surface area contributed by atoms with Crippen LogP contribution in [-0.2, 0) is 42.9 Å². The third-order valence-electron chi connectivity index (χ3n) is 6.01. The van der Waals surface area contributed by atoms with Crippen molar-refractivity contribution in [2.45, 2.75) is 114 Å². The molecule has 0 amide bonds. The lowest BCUT2D eigenvalue weighted by atomic mass is 9.90. The Balaban J connectivity index is 2.68. The molecule has 9 nitrogen and oxygen atoms in total. The number of carbonyl (C=O) groups excluding carboxylic acids is 4. The summed E-state index contributed by atoms with van der Waals surface area (Å²) >= 11 is 1.37. The summed E-state index contributed by atoms with van der Waals surface area (Å²) in [5.74, 6) is -2.18. The van der Waals surface area contributed by atoms with Gasteiger partial charge in [-0.15, -0.1) is 11.3 Å². The Morgan fingerprint density at radius 2 is 1.10 bits per heavy atom. The molecule has 0 aromatic carbocycles. The Hall–Kier alpha value is -2.46. The zero-order valence-electron chi connectivity index (χ0n) is 25.9. The van der Waals surface area contributed by atoms with Crippen LogP contribution in [0.25, 0.3) is 0 Å². The van der Waals surface area contributed by atoms with E-state index in [0.717, 1.165) is 0 Å². The maximum atomic E-state index is 13.3. The topological polar surface area (TPSA) is 114 Å². The number of ether oxygens (including phenoxy) is 5. The lowest BCUT2D eigenvalue weighted by molar-refractivity contribution is -0.261. The highest BCUT2D eigenvalue weighted by Crippen LogP contribution is 2.41. The molecule has 1 aromatic heterocycles. The smallest absolute Gasteiger partial charge is 0.311 e. The highest BCUT2D eigenvalue weighted by atomic mass is 32.1. The Kier molecular flexibility index (Phi) is 10.3. The molecular weight excluding hydrogens is 536 g/mol. The van der Waals surface area contributed by atoms with Gasteiger partial charge < -0.3 is 23.7 Å². The molecule has 226 valence electrons. The standard InChI is InChI=1S/C30H46O9S/c1-27(2,3)23(31)35-16-17-19(37-24(32)28(4,5)6)21(38-25(33)29(7,8)9)22(39-26(34)30(10,11)12)20(36-17)18-14-13-15-40-18/h13-15,17,19-22H,16H2,1-12H3/t17-,19-,20+,21+,22+/m1/s1. The van der Waals surface area contributed by atoms with E-state index in [1.165, 1.54) is 11.3 Å². The van der Waals surface area contributed by atoms with Crippen LogP contribution in [0.15, 0.2) is 17.5 Å². The summed E-state index contributed by atoms with van der Waals surface area (Å²) in [6.45, 7) is 20.2. The zero-order chi connectivity index (χ0) is 30.8. The molecule has 10 heteroatoms. The summed E-state index contributed by atoms with van der Waals surface area (Å²) in [5, 5.41) is 1.85. The molecule has 2 rings (SSSR count). The monoisotopic (exact) mass is 582 g/mol. The predicted octanol–water partition coefficient (Wildman–Crippen LogP) is 5.65. The zero-order valence-corrected chi connectivity index (χ0v) is 26.7. The van der Waals surface area contributed by atoms with Crippen molar-refractivity contribution in [1.29, 1.82) is 0 Å². The van der Waals surface area contributed by atoms with Gasteiger partial charge in [-0.2, -0.15) is 0 Å². The molecule has 0 N–H and O–H groups in total. The molecule has 0 bridgehead atoms. The number of hydrogen-bond acceptors (Lipinski definition) is 10. The SMILES string of the molecule is CC(C)(C)C(=O)OC[C@H]1O[C@@H](c2cccs2)[C@H](OC(=O)C(C)(C)C)[C@@H](OC(=O)C(C)(C)C)[C@@H]1OC(=O)C(C)(C)C. The predicted molar refractivity (Wildman–Crippen MR) is 150 cm³/mol. The summed E-state index contributed by atoms with van der Waals surface area (Å²) < 4.78 is 30.0. The summed E-state index contributed by atoms with van der Waals surface area (Å²) in [7, 11) is 0. The van der Waals surface area contributed by atoms with E-state index in [4.69, 9.17) is 23.7 Å². The van der Waals surface area contributed by atoms with Crippen molar-refractivity contribution in [3.05, 3.63) is 22.4 Å². The molecule has 1 saturated heterocycles. The van der Waals surface area contributed by atoms with Crippen LogP contribution >= 0.6 is 11.3 Å². The first-order valence-corrected chi connectivity index (χ1v) is 14.4. The number of carbonyl (C=O) groups is 4. The van der Waals surface area contributed by atoms with Gasteiger partial charge in [-0.05, 0) is 94.5 Å². The van der Waals surface area contributed by atoms with Gasteiger partial charge in [0.25, 0.3) is 0 Å². The summed E-state index contributed by atoms with van der Waals surface area (Å²) in [5.41, 5.74) is -3.49. The number of thiophene rings is 1. The van der Waals surface area contributed by atoms with Crippen LogP contribution < -0.4 is 0 Å². The van der Waals surface area contributed by atoms with E-state index >= 15 is 0 Å². The molecule has 2 heterocycles.